The average molecular weight is 270 g/mol. The molecule has 0 saturated heterocycles. The Hall–Kier alpha value is -1.33. The third-order valence-electron chi connectivity index (χ3n) is 1.98. The van der Waals surface area contributed by atoms with Crippen LogP contribution in [0.2, 0.25) is 0 Å². The van der Waals surface area contributed by atoms with E-state index >= 15 is 0 Å². The summed E-state index contributed by atoms with van der Waals surface area (Å²) >= 11 is 5.58. The molecule has 6 nitrogen and oxygen atoms in total. The first-order chi connectivity index (χ1) is 8.27. The standard InChI is InChI=1S/C9H14N6S2/c1-7-8(14-6-13-7)4-17-3-2-11-9(15-16)12-5-10/h6,16H,2-4H2,1H3,(H,13,14)(H2,11,12,15). The molecule has 0 aliphatic carbocycles. The van der Waals surface area contributed by atoms with Crippen molar-refractivity contribution in [1.29, 1.82) is 5.26 Å². The normalized spacial score (nSPS) is 11.0. The lowest BCUT2D eigenvalue weighted by Gasteiger charge is -2.06. The van der Waals surface area contributed by atoms with Gasteiger partial charge in [-0.25, -0.2) is 4.98 Å². The Balaban J connectivity index is 2.15. The van der Waals surface area contributed by atoms with Gasteiger partial charge in [0.2, 0.25) is 12.2 Å². The summed E-state index contributed by atoms with van der Waals surface area (Å²) in [5.74, 6) is 2.13. The molecular formula is C9H14N6S2. The van der Waals surface area contributed by atoms with Crippen molar-refractivity contribution in [2.24, 2.45) is 4.99 Å². The van der Waals surface area contributed by atoms with Crippen LogP contribution in [0.25, 0.3) is 0 Å². The van der Waals surface area contributed by atoms with Crippen LogP contribution in [-0.4, -0.2) is 28.2 Å². The Kier molecular flexibility index (Phi) is 6.35. The van der Waals surface area contributed by atoms with Gasteiger partial charge in [0.25, 0.3) is 0 Å². The number of rotatable bonds is 5. The molecule has 3 N–H and O–H groups in total. The number of nitrogens with one attached hydrogen (secondary N) is 3. The van der Waals surface area contributed by atoms with Gasteiger partial charge in [0.05, 0.1) is 12.0 Å². The third kappa shape index (κ3) is 5.01. The second-order valence-electron chi connectivity index (χ2n) is 3.13. The first-order valence-corrected chi connectivity index (χ1v) is 6.55. The summed E-state index contributed by atoms with van der Waals surface area (Å²) in [6, 6.07) is 0. The van der Waals surface area contributed by atoms with Gasteiger partial charge in [-0.05, 0) is 6.92 Å². The molecule has 0 bridgehead atoms. The number of thioether (sulfide) groups is 1. The quantitative estimate of drug-likeness (QED) is 0.209. The Bertz CT molecular complexity index is 408. The molecule has 0 radical (unpaired) electrons. The summed E-state index contributed by atoms with van der Waals surface area (Å²) in [6.07, 6.45) is 3.38. The maximum absolute atomic E-state index is 8.36. The molecule has 0 spiro atoms. The molecule has 0 aliphatic rings. The van der Waals surface area contributed by atoms with Gasteiger partial charge in [-0.3, -0.25) is 0 Å². The van der Waals surface area contributed by atoms with Crippen molar-refractivity contribution in [2.75, 3.05) is 12.3 Å². The van der Waals surface area contributed by atoms with E-state index in [9.17, 15) is 0 Å². The number of imidazole rings is 1. The van der Waals surface area contributed by atoms with Crippen LogP contribution < -0.4 is 10.0 Å². The lowest BCUT2D eigenvalue weighted by atomic mass is 10.4. The Morgan fingerprint density at radius 2 is 2.59 bits per heavy atom. The number of nitrogens with zero attached hydrogens (tertiary/aromatic N) is 3. The van der Waals surface area contributed by atoms with Crippen molar-refractivity contribution in [1.82, 2.24) is 20.0 Å². The highest BCUT2D eigenvalue weighted by Crippen LogP contribution is 2.11. The van der Waals surface area contributed by atoms with Gasteiger partial charge in [-0.15, -0.1) is 4.99 Å². The minimum absolute atomic E-state index is 0.368. The number of hydrogen-bond acceptors (Lipinski definition) is 5. The number of H-pyrrole nitrogens is 1. The Labute approximate surface area is 110 Å². The first-order valence-electron chi connectivity index (χ1n) is 4.95. The largest absolute Gasteiger partial charge is 0.354 e. The van der Waals surface area contributed by atoms with Crippen molar-refractivity contribution in [2.45, 2.75) is 12.7 Å². The number of guanidine groups is 1. The average Bonchev–Trinajstić information content (AvgIpc) is 2.73. The molecular weight excluding hydrogens is 256 g/mol. The fraction of sp³-hybridized carbons (Fsp3) is 0.444. The van der Waals surface area contributed by atoms with Crippen molar-refractivity contribution in [3.63, 3.8) is 0 Å². The van der Waals surface area contributed by atoms with E-state index in [4.69, 9.17) is 5.26 Å². The van der Waals surface area contributed by atoms with Crippen LogP contribution in [0.3, 0.4) is 0 Å². The summed E-state index contributed by atoms with van der Waals surface area (Å²) in [4.78, 5) is 10.7. The first kappa shape index (κ1) is 13.7. The van der Waals surface area contributed by atoms with Gasteiger partial charge in [0.1, 0.15) is 0 Å². The zero-order valence-corrected chi connectivity index (χ0v) is 11.1. The smallest absolute Gasteiger partial charge is 0.217 e. The number of thiol groups is 1. The Morgan fingerprint density at radius 1 is 1.76 bits per heavy atom. The highest BCUT2D eigenvalue weighted by Gasteiger charge is 2.00. The van der Waals surface area contributed by atoms with Crippen LogP contribution in [-0.2, 0) is 5.75 Å². The van der Waals surface area contributed by atoms with E-state index in [1.165, 1.54) is 0 Å². The molecule has 0 fully saturated rings. The van der Waals surface area contributed by atoms with E-state index in [1.54, 1.807) is 24.3 Å². The summed E-state index contributed by atoms with van der Waals surface area (Å²) in [5.41, 5.74) is 2.18. The third-order valence-corrected chi connectivity index (χ3v) is 3.16. The number of hydrogen-bond donors (Lipinski definition) is 4. The topological polar surface area (TPSA) is 88.9 Å². The van der Waals surface area contributed by atoms with E-state index in [0.29, 0.717) is 12.5 Å². The molecule has 0 unspecified atom stereocenters. The van der Waals surface area contributed by atoms with Crippen molar-refractivity contribution in [3.05, 3.63) is 17.7 Å². The summed E-state index contributed by atoms with van der Waals surface area (Å²) in [5, 5.41) is 11.3. The summed E-state index contributed by atoms with van der Waals surface area (Å²) in [7, 11) is 0. The van der Waals surface area contributed by atoms with Gasteiger partial charge < -0.3 is 15.0 Å². The van der Waals surface area contributed by atoms with E-state index in [2.05, 4.69) is 37.8 Å². The Morgan fingerprint density at radius 3 is 3.18 bits per heavy atom. The van der Waals surface area contributed by atoms with E-state index < -0.39 is 0 Å². The fourth-order valence-corrected chi connectivity index (χ4v) is 2.10. The summed E-state index contributed by atoms with van der Waals surface area (Å²) in [6.45, 7) is 2.71. The number of aliphatic imine (C=N–C) groups is 1. The van der Waals surface area contributed by atoms with Gasteiger partial charge >= 0.3 is 0 Å². The van der Waals surface area contributed by atoms with Crippen LogP contribution in [0.1, 0.15) is 11.4 Å². The number of aryl methyl sites for hydroxylation is 1. The molecule has 0 amide bonds. The molecule has 1 rings (SSSR count). The zero-order chi connectivity index (χ0) is 12.5. The zero-order valence-electron chi connectivity index (χ0n) is 9.40. The molecule has 1 aromatic rings. The van der Waals surface area contributed by atoms with Crippen molar-refractivity contribution in [3.8, 4) is 6.19 Å². The molecule has 0 atom stereocenters. The van der Waals surface area contributed by atoms with Crippen LogP contribution in [0, 0.1) is 18.4 Å². The molecule has 0 saturated carbocycles. The molecule has 17 heavy (non-hydrogen) atoms. The fourth-order valence-electron chi connectivity index (χ4n) is 1.10. The molecule has 92 valence electrons. The molecule has 0 aromatic carbocycles. The predicted molar refractivity (Wildman–Crippen MR) is 72.7 cm³/mol. The summed E-state index contributed by atoms with van der Waals surface area (Å²) < 4.78 is 2.50. The minimum Gasteiger partial charge on any atom is -0.354 e. The van der Waals surface area contributed by atoms with Gasteiger partial charge in [0, 0.05) is 23.7 Å². The highest BCUT2D eigenvalue weighted by molar-refractivity contribution is 7.98. The van der Waals surface area contributed by atoms with Crippen molar-refractivity contribution < 1.29 is 0 Å². The van der Waals surface area contributed by atoms with Crippen LogP contribution in [0.5, 0.6) is 0 Å². The highest BCUT2D eigenvalue weighted by atomic mass is 32.2. The lowest BCUT2D eigenvalue weighted by molar-refractivity contribution is 0.953. The van der Waals surface area contributed by atoms with Gasteiger partial charge in [-0.1, -0.05) is 12.8 Å². The SMILES string of the molecule is Cc1[nH]cnc1CSCCN/C(=N/C#N)NS. The molecule has 1 heterocycles. The maximum Gasteiger partial charge on any atom is 0.217 e. The number of aromatic nitrogens is 2. The van der Waals surface area contributed by atoms with E-state index in [1.807, 2.05) is 6.92 Å². The number of nitriles is 1. The van der Waals surface area contributed by atoms with Crippen molar-refractivity contribution >= 4 is 30.5 Å². The van der Waals surface area contributed by atoms with E-state index in [0.717, 1.165) is 22.9 Å². The predicted octanol–water partition coefficient (Wildman–Crippen LogP) is 0.812. The van der Waals surface area contributed by atoms with Crippen LogP contribution in [0.15, 0.2) is 11.3 Å². The molecule has 1 aromatic heterocycles. The van der Waals surface area contributed by atoms with Gasteiger partial charge in [-0.2, -0.15) is 17.0 Å². The van der Waals surface area contributed by atoms with Gasteiger partial charge in [0.15, 0.2) is 0 Å². The van der Waals surface area contributed by atoms with E-state index in [-0.39, 0.29) is 0 Å². The van der Waals surface area contributed by atoms with Crippen LogP contribution >= 0.6 is 24.6 Å². The monoisotopic (exact) mass is 270 g/mol. The second-order valence-corrected chi connectivity index (χ2v) is 4.45. The lowest BCUT2D eigenvalue weighted by Crippen LogP contribution is -2.33. The maximum atomic E-state index is 8.36. The number of aromatic amines is 1. The van der Waals surface area contributed by atoms with Crippen LogP contribution in [0.4, 0.5) is 0 Å². The molecule has 8 heteroatoms. The second kappa shape index (κ2) is 7.86. The minimum atomic E-state index is 0.368. The molecule has 0 aliphatic heterocycles.